The molecular weight excluding hydrogens is 375 g/mol. The first kappa shape index (κ1) is 20.2. The third-order valence-corrected chi connectivity index (χ3v) is 2.94. The summed E-state index contributed by atoms with van der Waals surface area (Å²) in [6.45, 7) is 7.95. The van der Waals surface area contributed by atoms with Crippen LogP contribution in [0.15, 0.2) is 35.3 Å². The number of rotatable bonds is 8. The van der Waals surface area contributed by atoms with Gasteiger partial charge in [0.1, 0.15) is 0 Å². The molecule has 0 aromatic heterocycles. The van der Waals surface area contributed by atoms with E-state index < -0.39 is 0 Å². The molecule has 0 bridgehead atoms. The van der Waals surface area contributed by atoms with Gasteiger partial charge in [0, 0.05) is 19.6 Å². The Morgan fingerprint density at radius 3 is 2.57 bits per heavy atom. The van der Waals surface area contributed by atoms with E-state index in [1.807, 2.05) is 6.07 Å². The number of hydrogen-bond donors (Lipinski definition) is 2. The number of nitrogens with two attached hydrogens (primary N) is 1. The van der Waals surface area contributed by atoms with E-state index in [1.165, 1.54) is 5.56 Å². The highest BCUT2D eigenvalue weighted by molar-refractivity contribution is 14.0. The summed E-state index contributed by atoms with van der Waals surface area (Å²) < 4.78 is 0. The first-order chi connectivity index (χ1) is 9.58. The molecule has 0 unspecified atom stereocenters. The van der Waals surface area contributed by atoms with Crippen LogP contribution in [0, 0.1) is 5.92 Å². The second kappa shape index (κ2) is 11.8. The third-order valence-electron chi connectivity index (χ3n) is 2.94. The number of guanidine groups is 1. The molecule has 1 aromatic rings. The highest BCUT2D eigenvalue weighted by Gasteiger charge is 2.00. The second-order valence-corrected chi connectivity index (χ2v) is 5.62. The van der Waals surface area contributed by atoms with Crippen molar-refractivity contribution in [3.63, 3.8) is 0 Å². The van der Waals surface area contributed by atoms with Gasteiger partial charge < -0.3 is 16.0 Å². The molecule has 1 aromatic carbocycles. The minimum Gasteiger partial charge on any atom is -0.370 e. The van der Waals surface area contributed by atoms with Crippen LogP contribution < -0.4 is 11.1 Å². The van der Waals surface area contributed by atoms with E-state index in [0.717, 1.165) is 32.6 Å². The smallest absolute Gasteiger partial charge is 0.188 e. The lowest BCUT2D eigenvalue weighted by Gasteiger charge is -2.16. The van der Waals surface area contributed by atoms with E-state index in [1.54, 1.807) is 0 Å². The van der Waals surface area contributed by atoms with E-state index in [9.17, 15) is 0 Å². The van der Waals surface area contributed by atoms with E-state index in [2.05, 4.69) is 60.4 Å². The monoisotopic (exact) mass is 404 g/mol. The van der Waals surface area contributed by atoms with Crippen molar-refractivity contribution in [2.24, 2.45) is 16.6 Å². The fourth-order valence-corrected chi connectivity index (χ4v) is 1.88. The Bertz CT molecular complexity index is 393. The van der Waals surface area contributed by atoms with E-state index in [0.29, 0.717) is 11.9 Å². The maximum atomic E-state index is 5.79. The summed E-state index contributed by atoms with van der Waals surface area (Å²) in [5.74, 6) is 1.11. The molecule has 1 rings (SSSR count). The summed E-state index contributed by atoms with van der Waals surface area (Å²) in [5.41, 5.74) is 7.14. The van der Waals surface area contributed by atoms with Crippen LogP contribution in [0.3, 0.4) is 0 Å². The van der Waals surface area contributed by atoms with Crippen molar-refractivity contribution in [3.05, 3.63) is 35.9 Å². The predicted molar refractivity (Wildman–Crippen MR) is 102 cm³/mol. The zero-order valence-corrected chi connectivity index (χ0v) is 15.7. The average molecular weight is 404 g/mol. The minimum absolute atomic E-state index is 0. The normalized spacial score (nSPS) is 11.6. The van der Waals surface area contributed by atoms with Gasteiger partial charge >= 0.3 is 0 Å². The van der Waals surface area contributed by atoms with Crippen LogP contribution >= 0.6 is 24.0 Å². The molecule has 0 amide bonds. The highest BCUT2D eigenvalue weighted by atomic mass is 127. The summed E-state index contributed by atoms with van der Waals surface area (Å²) >= 11 is 0. The van der Waals surface area contributed by atoms with Crippen LogP contribution in [0.1, 0.15) is 25.8 Å². The van der Waals surface area contributed by atoms with Crippen molar-refractivity contribution in [1.29, 1.82) is 0 Å². The van der Waals surface area contributed by atoms with Crippen LogP contribution in [0.2, 0.25) is 0 Å². The standard InChI is InChI=1S/C16H28N4.HI/c1-14(2)12-19-16(17)18-10-7-11-20(3)13-15-8-5-4-6-9-15;/h4-6,8-9,14H,7,10-13H2,1-3H3,(H3,17,18,19);1H. The van der Waals surface area contributed by atoms with Gasteiger partial charge in [-0.1, -0.05) is 44.2 Å². The fourth-order valence-electron chi connectivity index (χ4n) is 1.88. The first-order valence-electron chi connectivity index (χ1n) is 7.34. The molecule has 120 valence electrons. The van der Waals surface area contributed by atoms with Crippen LogP contribution in [0.5, 0.6) is 0 Å². The second-order valence-electron chi connectivity index (χ2n) is 5.62. The van der Waals surface area contributed by atoms with Crippen LogP contribution in [0.25, 0.3) is 0 Å². The molecule has 0 aliphatic heterocycles. The van der Waals surface area contributed by atoms with Gasteiger partial charge in [-0.15, -0.1) is 24.0 Å². The summed E-state index contributed by atoms with van der Waals surface area (Å²) in [5, 5.41) is 3.16. The molecule has 0 saturated carbocycles. The van der Waals surface area contributed by atoms with Gasteiger partial charge in [0.2, 0.25) is 0 Å². The molecule has 21 heavy (non-hydrogen) atoms. The Morgan fingerprint density at radius 2 is 1.95 bits per heavy atom. The van der Waals surface area contributed by atoms with Gasteiger partial charge in [-0.05, 0) is 31.5 Å². The average Bonchev–Trinajstić information content (AvgIpc) is 2.42. The molecule has 0 spiro atoms. The zero-order valence-electron chi connectivity index (χ0n) is 13.4. The van der Waals surface area contributed by atoms with Crippen molar-refractivity contribution >= 4 is 29.9 Å². The van der Waals surface area contributed by atoms with Crippen molar-refractivity contribution in [2.45, 2.75) is 26.8 Å². The minimum atomic E-state index is 0. The van der Waals surface area contributed by atoms with Gasteiger partial charge in [-0.25, -0.2) is 0 Å². The summed E-state index contributed by atoms with van der Waals surface area (Å²) in [6.07, 6.45) is 1.06. The molecule has 3 N–H and O–H groups in total. The number of benzene rings is 1. The number of hydrogen-bond acceptors (Lipinski definition) is 2. The van der Waals surface area contributed by atoms with Crippen molar-refractivity contribution in [2.75, 3.05) is 26.7 Å². The van der Waals surface area contributed by atoms with Crippen LogP contribution in [0.4, 0.5) is 0 Å². The van der Waals surface area contributed by atoms with Crippen molar-refractivity contribution < 1.29 is 0 Å². The highest BCUT2D eigenvalue weighted by Crippen LogP contribution is 2.02. The van der Waals surface area contributed by atoms with Crippen LogP contribution in [-0.2, 0) is 6.54 Å². The maximum Gasteiger partial charge on any atom is 0.188 e. The Kier molecular flexibility index (Phi) is 11.3. The SMILES string of the molecule is CC(C)CN=C(N)NCCCN(C)Cc1ccccc1.I. The molecule has 0 radical (unpaired) electrons. The molecule has 0 saturated heterocycles. The van der Waals surface area contributed by atoms with E-state index in [4.69, 9.17) is 5.73 Å². The third kappa shape index (κ3) is 10.5. The molecule has 4 nitrogen and oxygen atoms in total. The molecule has 0 aliphatic rings. The lowest BCUT2D eigenvalue weighted by Crippen LogP contribution is -2.34. The molecule has 5 heteroatoms. The molecule has 0 fully saturated rings. The summed E-state index contributed by atoms with van der Waals surface area (Å²) in [7, 11) is 2.14. The quantitative estimate of drug-likeness (QED) is 0.303. The topological polar surface area (TPSA) is 53.6 Å². The van der Waals surface area contributed by atoms with Gasteiger partial charge in [-0.3, -0.25) is 4.99 Å². The Morgan fingerprint density at radius 1 is 1.29 bits per heavy atom. The van der Waals surface area contributed by atoms with Crippen LogP contribution in [-0.4, -0.2) is 37.5 Å². The molecule has 0 atom stereocenters. The van der Waals surface area contributed by atoms with Gasteiger partial charge in [-0.2, -0.15) is 0 Å². The van der Waals surface area contributed by atoms with Gasteiger partial charge in [0.15, 0.2) is 5.96 Å². The van der Waals surface area contributed by atoms with E-state index >= 15 is 0 Å². The Labute approximate surface area is 146 Å². The summed E-state index contributed by atoms with van der Waals surface area (Å²) in [4.78, 5) is 6.60. The Balaban J connectivity index is 0.00000400. The van der Waals surface area contributed by atoms with E-state index in [-0.39, 0.29) is 24.0 Å². The lowest BCUT2D eigenvalue weighted by molar-refractivity contribution is 0.322. The van der Waals surface area contributed by atoms with Gasteiger partial charge in [0.05, 0.1) is 0 Å². The number of nitrogens with zero attached hydrogens (tertiary/aromatic N) is 2. The first-order valence-corrected chi connectivity index (χ1v) is 7.34. The number of nitrogens with one attached hydrogen (secondary N) is 1. The van der Waals surface area contributed by atoms with Crippen molar-refractivity contribution in [1.82, 2.24) is 10.2 Å². The maximum absolute atomic E-state index is 5.79. The fraction of sp³-hybridized carbons (Fsp3) is 0.562. The number of aliphatic imine (C=N–C) groups is 1. The molecular formula is C16H29IN4. The van der Waals surface area contributed by atoms with Gasteiger partial charge in [0.25, 0.3) is 0 Å². The molecule has 0 heterocycles. The zero-order chi connectivity index (χ0) is 14.8. The molecule has 0 aliphatic carbocycles. The lowest BCUT2D eigenvalue weighted by atomic mass is 10.2. The largest absolute Gasteiger partial charge is 0.370 e. The van der Waals surface area contributed by atoms with Crippen molar-refractivity contribution in [3.8, 4) is 0 Å². The number of halogens is 1. The summed E-state index contributed by atoms with van der Waals surface area (Å²) in [6, 6.07) is 10.5. The predicted octanol–water partition coefficient (Wildman–Crippen LogP) is 2.69. The Hall–Kier alpha value is -0.820.